The van der Waals surface area contributed by atoms with Gasteiger partial charge in [0.05, 0.1) is 20.2 Å². The van der Waals surface area contributed by atoms with Gasteiger partial charge < -0.3 is 0 Å². The molecule has 1 atom stereocenters. The van der Waals surface area contributed by atoms with Gasteiger partial charge in [0, 0.05) is 5.03 Å². The molecule has 0 amide bonds. The summed E-state index contributed by atoms with van der Waals surface area (Å²) in [6.07, 6.45) is 2.80. The Morgan fingerprint density at radius 3 is 2.59 bits per heavy atom. The van der Waals surface area contributed by atoms with Crippen molar-refractivity contribution in [1.82, 2.24) is 0 Å². The fourth-order valence-corrected chi connectivity index (χ4v) is 4.08. The van der Waals surface area contributed by atoms with E-state index in [2.05, 4.69) is 15.9 Å². The van der Waals surface area contributed by atoms with E-state index >= 15 is 0 Å². The Hall–Kier alpha value is -0.360. The molecule has 1 aliphatic rings. The zero-order valence-corrected chi connectivity index (χ0v) is 15.7. The van der Waals surface area contributed by atoms with Gasteiger partial charge in [0.15, 0.2) is 9.84 Å². The molecule has 0 radical (unpaired) electrons. The molecule has 7 heteroatoms. The number of halogens is 4. The van der Waals surface area contributed by atoms with E-state index in [9.17, 15) is 12.8 Å². The largest absolute Gasteiger partial charge is 0.224 e. The van der Waals surface area contributed by atoms with Crippen LogP contribution in [0.25, 0.3) is 0 Å². The van der Waals surface area contributed by atoms with Crippen LogP contribution in [0.1, 0.15) is 18.9 Å². The van der Waals surface area contributed by atoms with Gasteiger partial charge in [-0.25, -0.2) is 12.8 Å². The fourth-order valence-electron chi connectivity index (χ4n) is 2.26. The molecule has 2 nitrogen and oxygen atoms in total. The van der Waals surface area contributed by atoms with Crippen molar-refractivity contribution in [3.05, 3.63) is 50.2 Å². The first-order valence-electron chi connectivity index (χ1n) is 6.67. The number of rotatable bonds is 4. The van der Waals surface area contributed by atoms with Gasteiger partial charge in [-0.3, -0.25) is 0 Å². The van der Waals surface area contributed by atoms with Crippen molar-refractivity contribution in [3.63, 3.8) is 0 Å². The summed E-state index contributed by atoms with van der Waals surface area (Å²) >= 11 is 15.5. The van der Waals surface area contributed by atoms with Crippen molar-refractivity contribution in [3.8, 4) is 0 Å². The maximum absolute atomic E-state index is 14.2. The van der Waals surface area contributed by atoms with Crippen LogP contribution in [0, 0.1) is 11.7 Å². The minimum absolute atomic E-state index is 0.00846. The maximum Gasteiger partial charge on any atom is 0.178 e. The van der Waals surface area contributed by atoms with Crippen LogP contribution in [-0.2, 0) is 16.3 Å². The molecule has 0 N–H and O–H groups in total. The van der Waals surface area contributed by atoms with Crippen LogP contribution in [0.5, 0.6) is 0 Å². The van der Waals surface area contributed by atoms with Gasteiger partial charge in [-0.2, -0.15) is 0 Å². The summed E-state index contributed by atoms with van der Waals surface area (Å²) in [5, 5.41) is 1.11. The molecule has 0 bridgehead atoms. The number of benzene rings is 1. The van der Waals surface area contributed by atoms with Gasteiger partial charge in [-0.1, -0.05) is 42.3 Å². The standard InChI is InChI=1S/C15H14BrCl2FO2S/c1-2-22(20,21)11-4-3-10(14(19)8-11)5-9-6-12(17)15(16)13(18)7-9/h3-4,6,8-9H,2,5,7H2,1H3. The summed E-state index contributed by atoms with van der Waals surface area (Å²) in [5.74, 6) is -0.602. The minimum atomic E-state index is -3.40. The van der Waals surface area contributed by atoms with Crippen molar-refractivity contribution < 1.29 is 12.8 Å². The van der Waals surface area contributed by atoms with E-state index in [0.29, 0.717) is 33.0 Å². The van der Waals surface area contributed by atoms with E-state index in [1.165, 1.54) is 19.1 Å². The third-order valence-corrected chi connectivity index (χ3v) is 7.27. The van der Waals surface area contributed by atoms with Gasteiger partial charge >= 0.3 is 0 Å². The lowest BCUT2D eigenvalue weighted by molar-refractivity contribution is 0.568. The smallest absolute Gasteiger partial charge is 0.178 e. The first-order valence-corrected chi connectivity index (χ1v) is 9.87. The molecule has 1 aromatic carbocycles. The molecule has 0 saturated carbocycles. The third kappa shape index (κ3) is 3.94. The Morgan fingerprint density at radius 2 is 2.05 bits per heavy atom. The van der Waals surface area contributed by atoms with Gasteiger partial charge in [0.2, 0.25) is 0 Å². The zero-order valence-electron chi connectivity index (χ0n) is 11.7. The van der Waals surface area contributed by atoms with Crippen LogP contribution in [0.3, 0.4) is 0 Å². The average molecular weight is 428 g/mol. The minimum Gasteiger partial charge on any atom is -0.224 e. The van der Waals surface area contributed by atoms with Gasteiger partial charge in [0.25, 0.3) is 0 Å². The molecule has 1 aliphatic carbocycles. The zero-order chi connectivity index (χ0) is 16.5. The second kappa shape index (κ2) is 7.04. The number of hydrogen-bond acceptors (Lipinski definition) is 2. The summed E-state index contributed by atoms with van der Waals surface area (Å²) in [7, 11) is -3.40. The molecule has 1 aromatic rings. The molecule has 0 aromatic heterocycles. The molecule has 1 unspecified atom stereocenters. The van der Waals surface area contributed by atoms with Crippen molar-refractivity contribution >= 4 is 49.0 Å². The van der Waals surface area contributed by atoms with E-state index in [0.717, 1.165) is 6.07 Å². The van der Waals surface area contributed by atoms with Gasteiger partial charge in [0.1, 0.15) is 5.82 Å². The van der Waals surface area contributed by atoms with E-state index in [4.69, 9.17) is 23.2 Å². The highest BCUT2D eigenvalue weighted by molar-refractivity contribution is 9.12. The Balaban J connectivity index is 2.23. The normalized spacial score (nSPS) is 19.3. The Kier molecular flexibility index (Phi) is 5.75. The van der Waals surface area contributed by atoms with Crippen LogP contribution in [-0.4, -0.2) is 14.2 Å². The highest BCUT2D eigenvalue weighted by atomic mass is 79.9. The van der Waals surface area contributed by atoms with E-state index in [-0.39, 0.29) is 16.6 Å². The van der Waals surface area contributed by atoms with E-state index < -0.39 is 15.7 Å². The third-order valence-electron chi connectivity index (χ3n) is 3.52. The highest BCUT2D eigenvalue weighted by Crippen LogP contribution is 2.38. The van der Waals surface area contributed by atoms with Crippen LogP contribution < -0.4 is 0 Å². The van der Waals surface area contributed by atoms with Gasteiger partial charge in [-0.05, 0) is 52.4 Å². The first-order chi connectivity index (χ1) is 10.2. The molecular weight excluding hydrogens is 414 g/mol. The highest BCUT2D eigenvalue weighted by Gasteiger charge is 2.21. The summed E-state index contributed by atoms with van der Waals surface area (Å²) in [5.41, 5.74) is 0.447. The maximum atomic E-state index is 14.2. The second-order valence-electron chi connectivity index (χ2n) is 5.06. The molecule has 0 fully saturated rings. The Morgan fingerprint density at radius 1 is 1.36 bits per heavy atom. The monoisotopic (exact) mass is 426 g/mol. The van der Waals surface area contributed by atoms with Crippen LogP contribution in [0.15, 0.2) is 43.7 Å². The SMILES string of the molecule is CCS(=O)(=O)c1ccc(CC2C=C(Cl)C(Br)=C(Cl)C2)c(F)c1. The molecule has 2 rings (SSSR count). The first kappa shape index (κ1) is 18.0. The molecule has 0 saturated heterocycles. The van der Waals surface area contributed by atoms with Crippen molar-refractivity contribution in [2.75, 3.05) is 5.75 Å². The van der Waals surface area contributed by atoms with Crippen molar-refractivity contribution in [2.24, 2.45) is 5.92 Å². The molecule has 120 valence electrons. The van der Waals surface area contributed by atoms with Crippen LogP contribution in [0.4, 0.5) is 4.39 Å². The van der Waals surface area contributed by atoms with Gasteiger partial charge in [-0.15, -0.1) is 0 Å². The lowest BCUT2D eigenvalue weighted by Gasteiger charge is -2.19. The predicted octanol–water partition coefficient (Wildman–Crippen LogP) is 5.15. The summed E-state index contributed by atoms with van der Waals surface area (Å²) in [4.78, 5) is 0.00846. The molecule has 0 spiro atoms. The molecule has 0 heterocycles. The summed E-state index contributed by atoms with van der Waals surface area (Å²) in [6.45, 7) is 1.53. The number of sulfone groups is 1. The summed E-state index contributed by atoms with van der Waals surface area (Å²) in [6, 6.07) is 4.04. The number of allylic oxidation sites excluding steroid dienone is 4. The van der Waals surface area contributed by atoms with E-state index in [1.807, 2.05) is 6.08 Å². The van der Waals surface area contributed by atoms with E-state index in [1.54, 1.807) is 0 Å². The van der Waals surface area contributed by atoms with Crippen LogP contribution >= 0.6 is 39.1 Å². The lowest BCUT2D eigenvalue weighted by Crippen LogP contribution is -2.09. The lowest BCUT2D eigenvalue weighted by atomic mass is 9.93. The topological polar surface area (TPSA) is 34.1 Å². The predicted molar refractivity (Wildman–Crippen MR) is 91.7 cm³/mol. The quantitative estimate of drug-likeness (QED) is 0.665. The molecular formula is C15H14BrCl2FO2S. The molecule has 0 aliphatic heterocycles. The van der Waals surface area contributed by atoms with Crippen molar-refractivity contribution in [2.45, 2.75) is 24.7 Å². The fraction of sp³-hybridized carbons (Fsp3) is 0.333. The van der Waals surface area contributed by atoms with Crippen molar-refractivity contribution in [1.29, 1.82) is 0 Å². The van der Waals surface area contributed by atoms with Crippen LogP contribution in [0.2, 0.25) is 0 Å². The Labute approximate surface area is 148 Å². The summed E-state index contributed by atoms with van der Waals surface area (Å²) < 4.78 is 38.3. The Bertz CT molecular complexity index is 757. The number of hydrogen-bond donors (Lipinski definition) is 0. The average Bonchev–Trinajstić information content (AvgIpc) is 2.46. The second-order valence-corrected chi connectivity index (χ2v) is 8.99. The molecule has 22 heavy (non-hydrogen) atoms.